The summed E-state index contributed by atoms with van der Waals surface area (Å²) >= 11 is 5.75. The zero-order chi connectivity index (χ0) is 18.1. The number of nitrogens with zero attached hydrogens (tertiary/aromatic N) is 3. The minimum absolute atomic E-state index is 0.134. The first-order valence-electron chi connectivity index (χ1n) is 8.94. The zero-order valence-corrected chi connectivity index (χ0v) is 15.4. The van der Waals surface area contributed by atoms with Crippen molar-refractivity contribution in [1.82, 2.24) is 20.0 Å². The minimum atomic E-state index is 0.134. The van der Waals surface area contributed by atoms with Gasteiger partial charge in [-0.2, -0.15) is 0 Å². The number of carbonyl (C=O) groups excluding carboxylic acids is 1. The molecule has 26 heavy (non-hydrogen) atoms. The summed E-state index contributed by atoms with van der Waals surface area (Å²) in [6.45, 7) is 3.57. The van der Waals surface area contributed by atoms with E-state index in [1.165, 1.54) is 5.56 Å². The number of aromatic nitrogens is 3. The van der Waals surface area contributed by atoms with Crippen molar-refractivity contribution in [3.8, 4) is 0 Å². The lowest BCUT2D eigenvalue weighted by atomic mass is 9.97. The second kappa shape index (κ2) is 7.11. The van der Waals surface area contributed by atoms with E-state index in [0.29, 0.717) is 30.3 Å². The van der Waals surface area contributed by atoms with Gasteiger partial charge in [-0.05, 0) is 31.4 Å². The number of imidazole rings is 1. The molecule has 1 saturated heterocycles. The molecule has 1 atom stereocenters. The minimum Gasteiger partial charge on any atom is -0.360 e. The summed E-state index contributed by atoms with van der Waals surface area (Å²) in [6.07, 6.45) is 2.95. The van der Waals surface area contributed by atoms with Crippen molar-refractivity contribution in [2.75, 3.05) is 13.1 Å². The van der Waals surface area contributed by atoms with Crippen molar-refractivity contribution in [2.24, 2.45) is 0 Å². The van der Waals surface area contributed by atoms with Gasteiger partial charge in [0.25, 0.3) is 0 Å². The van der Waals surface area contributed by atoms with E-state index in [2.05, 4.69) is 23.1 Å². The molecule has 3 heterocycles. The summed E-state index contributed by atoms with van der Waals surface area (Å²) < 4.78 is 5.07. The highest BCUT2D eigenvalue weighted by atomic mass is 35.5. The van der Waals surface area contributed by atoms with E-state index in [9.17, 15) is 4.79 Å². The monoisotopic (exact) mass is 372 g/mol. The van der Waals surface area contributed by atoms with Gasteiger partial charge in [0, 0.05) is 37.9 Å². The second-order valence-corrected chi connectivity index (χ2v) is 7.28. The first kappa shape index (κ1) is 17.1. The number of benzene rings is 1. The second-order valence-electron chi connectivity index (χ2n) is 6.89. The number of para-hydroxylation sites is 1. The van der Waals surface area contributed by atoms with Crippen molar-refractivity contribution in [1.29, 1.82) is 0 Å². The number of aromatic amines is 1. The lowest BCUT2D eigenvalue weighted by Crippen LogP contribution is -2.39. The summed E-state index contributed by atoms with van der Waals surface area (Å²) in [5.41, 5.74) is 3.25. The molecule has 0 bridgehead atoms. The van der Waals surface area contributed by atoms with Crippen LogP contribution in [-0.4, -0.2) is 39.0 Å². The van der Waals surface area contributed by atoms with E-state index in [-0.39, 0.29) is 11.8 Å². The first-order chi connectivity index (χ1) is 12.6. The van der Waals surface area contributed by atoms with Crippen LogP contribution in [0.15, 0.2) is 28.8 Å². The number of piperidine rings is 1. The molecule has 1 aliphatic heterocycles. The van der Waals surface area contributed by atoms with Crippen LogP contribution in [-0.2, 0) is 11.2 Å². The third-order valence-corrected chi connectivity index (χ3v) is 5.19. The Labute approximate surface area is 156 Å². The van der Waals surface area contributed by atoms with Crippen LogP contribution in [0.4, 0.5) is 0 Å². The van der Waals surface area contributed by atoms with E-state index in [1.807, 2.05) is 17.0 Å². The van der Waals surface area contributed by atoms with Gasteiger partial charge in [-0.15, -0.1) is 0 Å². The Morgan fingerprint density at radius 1 is 1.46 bits per heavy atom. The third-order valence-electron chi connectivity index (χ3n) is 5.01. The predicted molar refractivity (Wildman–Crippen MR) is 99.2 cm³/mol. The molecule has 0 unspecified atom stereocenters. The van der Waals surface area contributed by atoms with E-state index in [4.69, 9.17) is 21.1 Å². The number of nitrogens with one attached hydrogen (secondary N) is 1. The number of likely N-dealkylation sites (tertiary alicyclic amines) is 1. The molecular weight excluding hydrogens is 352 g/mol. The number of halogens is 1. The fraction of sp³-hybridized carbons (Fsp3) is 0.421. The van der Waals surface area contributed by atoms with Crippen LogP contribution in [0.3, 0.4) is 0 Å². The maximum Gasteiger partial charge on any atom is 0.223 e. The molecule has 2 aromatic heterocycles. The summed E-state index contributed by atoms with van der Waals surface area (Å²) in [5, 5.41) is 3.96. The predicted octanol–water partition coefficient (Wildman–Crippen LogP) is 3.85. The van der Waals surface area contributed by atoms with E-state index < -0.39 is 0 Å². The van der Waals surface area contributed by atoms with Crippen molar-refractivity contribution >= 4 is 28.5 Å². The van der Waals surface area contributed by atoms with Gasteiger partial charge in [0.1, 0.15) is 11.6 Å². The van der Waals surface area contributed by atoms with E-state index in [1.54, 1.807) is 6.07 Å². The number of amides is 1. The van der Waals surface area contributed by atoms with Gasteiger partial charge in [-0.3, -0.25) is 4.79 Å². The molecule has 1 fully saturated rings. The average Bonchev–Trinajstić information content (AvgIpc) is 3.27. The molecular formula is C19H21ClN4O2. The van der Waals surface area contributed by atoms with Crippen LogP contribution in [0.1, 0.15) is 42.3 Å². The number of carbonyl (C=O) groups is 1. The molecule has 4 rings (SSSR count). The summed E-state index contributed by atoms with van der Waals surface area (Å²) in [7, 11) is 0. The van der Waals surface area contributed by atoms with Crippen molar-refractivity contribution in [3.63, 3.8) is 0 Å². The highest BCUT2D eigenvalue weighted by molar-refractivity contribution is 6.29. The molecule has 1 amide bonds. The number of fused-ring (bicyclic) bond motifs is 1. The molecule has 0 spiro atoms. The molecule has 0 saturated carbocycles. The number of aryl methyl sites for hydroxylation is 2. The van der Waals surface area contributed by atoms with Crippen LogP contribution in [0, 0.1) is 6.92 Å². The van der Waals surface area contributed by atoms with Gasteiger partial charge in [-0.1, -0.05) is 28.9 Å². The number of rotatable bonds is 4. The Hall–Kier alpha value is -2.34. The van der Waals surface area contributed by atoms with Gasteiger partial charge in [0.05, 0.1) is 11.0 Å². The van der Waals surface area contributed by atoms with Crippen LogP contribution in [0.25, 0.3) is 11.0 Å². The Morgan fingerprint density at radius 3 is 3.12 bits per heavy atom. The molecule has 0 aliphatic carbocycles. The number of hydrogen-bond donors (Lipinski definition) is 1. The summed E-state index contributed by atoms with van der Waals surface area (Å²) in [4.78, 5) is 22.8. The van der Waals surface area contributed by atoms with Crippen molar-refractivity contribution < 1.29 is 9.32 Å². The Bertz CT molecular complexity index is 933. The Morgan fingerprint density at radius 2 is 2.35 bits per heavy atom. The Balaban J connectivity index is 1.42. The van der Waals surface area contributed by atoms with Crippen LogP contribution < -0.4 is 0 Å². The lowest BCUT2D eigenvalue weighted by Gasteiger charge is -2.31. The number of H-pyrrole nitrogens is 1. The molecule has 1 aliphatic rings. The molecule has 3 aromatic rings. The van der Waals surface area contributed by atoms with Crippen LogP contribution in [0.2, 0.25) is 5.15 Å². The van der Waals surface area contributed by atoms with Gasteiger partial charge in [0.15, 0.2) is 5.15 Å². The quantitative estimate of drug-likeness (QED) is 0.754. The fourth-order valence-electron chi connectivity index (χ4n) is 3.61. The third kappa shape index (κ3) is 3.46. The smallest absolute Gasteiger partial charge is 0.223 e. The lowest BCUT2D eigenvalue weighted by molar-refractivity contribution is -0.132. The standard InChI is InChI=1S/C19H21ClN4O2/c1-12-4-2-6-15-18(12)22-19(21-15)13-5-3-9-24(11-13)17(25)8-7-14-10-16(20)23-26-14/h2,4,6,10,13H,3,5,7-9,11H2,1H3,(H,21,22)/t13-/m1/s1. The van der Waals surface area contributed by atoms with E-state index in [0.717, 1.165) is 36.2 Å². The number of hydrogen-bond acceptors (Lipinski definition) is 4. The maximum absolute atomic E-state index is 12.6. The van der Waals surface area contributed by atoms with Gasteiger partial charge in [-0.25, -0.2) is 4.98 Å². The zero-order valence-electron chi connectivity index (χ0n) is 14.7. The van der Waals surface area contributed by atoms with Crippen molar-refractivity contribution in [2.45, 2.75) is 38.5 Å². The van der Waals surface area contributed by atoms with Crippen LogP contribution in [0.5, 0.6) is 0 Å². The highest BCUT2D eigenvalue weighted by Gasteiger charge is 2.27. The molecule has 1 N–H and O–H groups in total. The van der Waals surface area contributed by atoms with Gasteiger partial charge >= 0.3 is 0 Å². The Kier molecular flexibility index (Phi) is 4.68. The van der Waals surface area contributed by atoms with Gasteiger partial charge < -0.3 is 14.4 Å². The maximum atomic E-state index is 12.6. The largest absolute Gasteiger partial charge is 0.360 e. The molecule has 6 nitrogen and oxygen atoms in total. The SMILES string of the molecule is Cc1cccc2[nH]c([C@@H]3CCCN(C(=O)CCc4cc(Cl)no4)C3)nc12. The average molecular weight is 373 g/mol. The summed E-state index contributed by atoms with van der Waals surface area (Å²) in [6, 6.07) is 7.81. The molecule has 1 aromatic carbocycles. The molecule has 0 radical (unpaired) electrons. The fourth-order valence-corrected chi connectivity index (χ4v) is 3.76. The first-order valence-corrected chi connectivity index (χ1v) is 9.32. The summed E-state index contributed by atoms with van der Waals surface area (Å²) in [5.74, 6) is 2.01. The van der Waals surface area contributed by atoms with E-state index >= 15 is 0 Å². The topological polar surface area (TPSA) is 75.0 Å². The van der Waals surface area contributed by atoms with Crippen LogP contribution >= 0.6 is 11.6 Å². The highest BCUT2D eigenvalue weighted by Crippen LogP contribution is 2.28. The molecule has 7 heteroatoms. The van der Waals surface area contributed by atoms with Crippen molar-refractivity contribution in [3.05, 3.63) is 46.6 Å². The normalized spacial score (nSPS) is 17.8. The van der Waals surface area contributed by atoms with Gasteiger partial charge in [0.2, 0.25) is 5.91 Å². The molecule has 136 valence electrons.